The van der Waals surface area contributed by atoms with E-state index in [1.165, 1.54) is 5.56 Å². The zero-order valence-corrected chi connectivity index (χ0v) is 12.4. The first-order chi connectivity index (χ1) is 8.87. The molecular formula is C15H25N3O. The number of nitrogens with zero attached hydrogens (tertiary/aromatic N) is 2. The molecule has 0 spiro atoms. The molecule has 0 radical (unpaired) electrons. The van der Waals surface area contributed by atoms with Crippen molar-refractivity contribution >= 4 is 5.91 Å². The molecule has 0 aromatic carbocycles. The topological polar surface area (TPSA) is 45.2 Å². The molecule has 1 aromatic heterocycles. The Hall–Kier alpha value is -1.42. The van der Waals surface area contributed by atoms with Crippen molar-refractivity contribution in [2.75, 3.05) is 20.1 Å². The summed E-state index contributed by atoms with van der Waals surface area (Å²) in [6.07, 6.45) is 5.16. The molecule has 0 aliphatic rings. The van der Waals surface area contributed by atoms with E-state index in [1.54, 1.807) is 0 Å². The van der Waals surface area contributed by atoms with Crippen molar-refractivity contribution in [2.24, 2.45) is 0 Å². The summed E-state index contributed by atoms with van der Waals surface area (Å²) in [5.74, 6) is 0.114. The fraction of sp³-hybridized carbons (Fsp3) is 0.600. The highest BCUT2D eigenvalue weighted by atomic mass is 16.1. The van der Waals surface area contributed by atoms with Crippen LogP contribution in [0.1, 0.15) is 32.8 Å². The maximum absolute atomic E-state index is 11.7. The van der Waals surface area contributed by atoms with Crippen LogP contribution in [0.5, 0.6) is 0 Å². The van der Waals surface area contributed by atoms with Crippen LogP contribution >= 0.6 is 0 Å². The Bertz CT molecular complexity index is 384. The lowest BCUT2D eigenvalue weighted by molar-refractivity contribution is -0.122. The van der Waals surface area contributed by atoms with Gasteiger partial charge >= 0.3 is 0 Å². The van der Waals surface area contributed by atoms with Crippen LogP contribution in [-0.4, -0.2) is 41.5 Å². The fourth-order valence-corrected chi connectivity index (χ4v) is 1.75. The van der Waals surface area contributed by atoms with Crippen LogP contribution in [0, 0.1) is 0 Å². The predicted molar refractivity (Wildman–Crippen MR) is 78.0 cm³/mol. The first-order valence-electron chi connectivity index (χ1n) is 6.75. The van der Waals surface area contributed by atoms with Gasteiger partial charge in [-0.25, -0.2) is 0 Å². The molecule has 1 amide bonds. The highest BCUT2D eigenvalue weighted by Crippen LogP contribution is 2.01. The van der Waals surface area contributed by atoms with Gasteiger partial charge in [-0.3, -0.25) is 9.78 Å². The summed E-state index contributed by atoms with van der Waals surface area (Å²) in [7, 11) is 2.05. The second-order valence-electron chi connectivity index (χ2n) is 5.96. The van der Waals surface area contributed by atoms with E-state index >= 15 is 0 Å². The molecule has 106 valence electrons. The lowest BCUT2D eigenvalue weighted by atomic mass is 10.1. The van der Waals surface area contributed by atoms with Gasteiger partial charge in [-0.2, -0.15) is 0 Å². The van der Waals surface area contributed by atoms with E-state index in [1.807, 2.05) is 52.3 Å². The van der Waals surface area contributed by atoms with Crippen LogP contribution in [0.15, 0.2) is 24.5 Å². The molecule has 0 fully saturated rings. The maximum Gasteiger partial charge on any atom is 0.221 e. The van der Waals surface area contributed by atoms with E-state index in [2.05, 4.69) is 15.2 Å². The summed E-state index contributed by atoms with van der Waals surface area (Å²) >= 11 is 0. The van der Waals surface area contributed by atoms with E-state index in [0.29, 0.717) is 6.42 Å². The molecule has 1 aromatic rings. The SMILES string of the molecule is CN(CCC(=O)NC(C)(C)C)CCc1ccncc1. The summed E-state index contributed by atoms with van der Waals surface area (Å²) in [6, 6.07) is 4.06. The zero-order chi connectivity index (χ0) is 14.3. The normalized spacial score (nSPS) is 11.6. The van der Waals surface area contributed by atoms with Gasteiger partial charge < -0.3 is 10.2 Å². The predicted octanol–water partition coefficient (Wildman–Crippen LogP) is 1.86. The number of hydrogen-bond donors (Lipinski definition) is 1. The Morgan fingerprint density at radius 2 is 1.89 bits per heavy atom. The fourth-order valence-electron chi connectivity index (χ4n) is 1.75. The number of nitrogens with one attached hydrogen (secondary N) is 1. The third kappa shape index (κ3) is 7.57. The molecule has 0 saturated carbocycles. The number of pyridine rings is 1. The van der Waals surface area contributed by atoms with Gasteiger partial charge in [-0.15, -0.1) is 0 Å². The van der Waals surface area contributed by atoms with Crippen LogP contribution in [0.2, 0.25) is 0 Å². The van der Waals surface area contributed by atoms with E-state index in [4.69, 9.17) is 0 Å². The Balaban J connectivity index is 2.21. The van der Waals surface area contributed by atoms with Gasteiger partial charge in [-0.05, 0) is 51.9 Å². The average molecular weight is 263 g/mol. The van der Waals surface area contributed by atoms with Crippen molar-refractivity contribution in [2.45, 2.75) is 39.2 Å². The number of likely N-dealkylation sites (N-methyl/N-ethyl adjacent to an activating group) is 1. The minimum atomic E-state index is -0.146. The molecular weight excluding hydrogens is 238 g/mol. The Morgan fingerprint density at radius 3 is 2.47 bits per heavy atom. The monoisotopic (exact) mass is 263 g/mol. The van der Waals surface area contributed by atoms with Gasteiger partial charge in [0.1, 0.15) is 0 Å². The molecule has 0 aliphatic heterocycles. The molecule has 19 heavy (non-hydrogen) atoms. The van der Waals surface area contributed by atoms with Crippen molar-refractivity contribution in [3.05, 3.63) is 30.1 Å². The molecule has 0 bridgehead atoms. The highest BCUT2D eigenvalue weighted by Gasteiger charge is 2.13. The summed E-state index contributed by atoms with van der Waals surface area (Å²) in [4.78, 5) is 17.9. The minimum Gasteiger partial charge on any atom is -0.351 e. The van der Waals surface area contributed by atoms with Crippen LogP contribution in [0.25, 0.3) is 0 Å². The van der Waals surface area contributed by atoms with Crippen molar-refractivity contribution in [3.8, 4) is 0 Å². The minimum absolute atomic E-state index is 0.114. The van der Waals surface area contributed by atoms with Crippen molar-refractivity contribution < 1.29 is 4.79 Å². The average Bonchev–Trinajstić information content (AvgIpc) is 2.33. The Morgan fingerprint density at radius 1 is 1.26 bits per heavy atom. The number of aromatic nitrogens is 1. The smallest absolute Gasteiger partial charge is 0.221 e. The van der Waals surface area contributed by atoms with E-state index in [9.17, 15) is 4.79 Å². The Labute approximate surface area is 116 Å². The van der Waals surface area contributed by atoms with Crippen LogP contribution < -0.4 is 5.32 Å². The van der Waals surface area contributed by atoms with Crippen LogP contribution in [0.4, 0.5) is 0 Å². The first-order valence-corrected chi connectivity index (χ1v) is 6.75. The van der Waals surface area contributed by atoms with Gasteiger partial charge in [0.15, 0.2) is 0 Å². The van der Waals surface area contributed by atoms with Crippen molar-refractivity contribution in [1.82, 2.24) is 15.2 Å². The number of carbonyl (C=O) groups is 1. The summed E-state index contributed by atoms with van der Waals surface area (Å²) in [5.41, 5.74) is 1.13. The third-order valence-electron chi connectivity index (χ3n) is 2.77. The molecule has 1 heterocycles. The molecule has 0 saturated heterocycles. The molecule has 0 atom stereocenters. The number of carbonyl (C=O) groups excluding carboxylic acids is 1. The molecule has 0 unspecified atom stereocenters. The van der Waals surface area contributed by atoms with Crippen molar-refractivity contribution in [3.63, 3.8) is 0 Å². The van der Waals surface area contributed by atoms with E-state index in [-0.39, 0.29) is 11.4 Å². The molecule has 1 N–H and O–H groups in total. The number of rotatable bonds is 6. The number of amides is 1. The lowest BCUT2D eigenvalue weighted by Gasteiger charge is -2.22. The summed E-state index contributed by atoms with van der Waals surface area (Å²) < 4.78 is 0. The second-order valence-corrected chi connectivity index (χ2v) is 5.96. The van der Waals surface area contributed by atoms with Gasteiger partial charge in [0.25, 0.3) is 0 Å². The van der Waals surface area contributed by atoms with E-state index < -0.39 is 0 Å². The highest BCUT2D eigenvalue weighted by molar-refractivity contribution is 5.76. The summed E-state index contributed by atoms with van der Waals surface area (Å²) in [6.45, 7) is 7.73. The maximum atomic E-state index is 11.7. The molecule has 4 heteroatoms. The first kappa shape index (κ1) is 15.6. The number of hydrogen-bond acceptors (Lipinski definition) is 3. The molecule has 4 nitrogen and oxygen atoms in total. The van der Waals surface area contributed by atoms with Crippen LogP contribution in [-0.2, 0) is 11.2 Å². The second kappa shape index (κ2) is 7.24. The largest absolute Gasteiger partial charge is 0.351 e. The van der Waals surface area contributed by atoms with Crippen LogP contribution in [0.3, 0.4) is 0 Å². The molecule has 1 rings (SSSR count). The quantitative estimate of drug-likeness (QED) is 0.852. The standard InChI is InChI=1S/C15H25N3O/c1-15(2,3)17-14(19)8-12-18(4)11-7-13-5-9-16-10-6-13/h5-6,9-10H,7-8,11-12H2,1-4H3,(H,17,19). The zero-order valence-electron chi connectivity index (χ0n) is 12.4. The van der Waals surface area contributed by atoms with Gasteiger partial charge in [0, 0.05) is 37.4 Å². The van der Waals surface area contributed by atoms with Gasteiger partial charge in [0.05, 0.1) is 0 Å². The van der Waals surface area contributed by atoms with Gasteiger partial charge in [0.2, 0.25) is 5.91 Å². The summed E-state index contributed by atoms with van der Waals surface area (Å²) in [5, 5.41) is 2.97. The lowest BCUT2D eigenvalue weighted by Crippen LogP contribution is -2.41. The van der Waals surface area contributed by atoms with E-state index in [0.717, 1.165) is 19.5 Å². The van der Waals surface area contributed by atoms with Crippen molar-refractivity contribution in [1.29, 1.82) is 0 Å². The van der Waals surface area contributed by atoms with Gasteiger partial charge in [-0.1, -0.05) is 0 Å². The Kier molecular flexibility index (Phi) is 5.96. The molecule has 0 aliphatic carbocycles. The third-order valence-corrected chi connectivity index (χ3v) is 2.77.